The van der Waals surface area contributed by atoms with E-state index in [9.17, 15) is 4.79 Å². The van der Waals surface area contributed by atoms with E-state index in [-0.39, 0.29) is 5.97 Å². The van der Waals surface area contributed by atoms with Crippen molar-refractivity contribution in [2.24, 2.45) is 0 Å². The van der Waals surface area contributed by atoms with E-state index in [0.29, 0.717) is 18.3 Å². The van der Waals surface area contributed by atoms with E-state index in [4.69, 9.17) is 9.26 Å². The minimum Gasteiger partial charge on any atom is -0.468 e. The molecule has 0 amide bonds. The summed E-state index contributed by atoms with van der Waals surface area (Å²) < 4.78 is 9.64. The second-order valence-corrected chi connectivity index (χ2v) is 4.01. The summed E-state index contributed by atoms with van der Waals surface area (Å²) in [5.41, 5.74) is -0.538. The van der Waals surface area contributed by atoms with Gasteiger partial charge in [-0.2, -0.15) is 4.98 Å². The van der Waals surface area contributed by atoms with Crippen LogP contribution in [0.5, 0.6) is 0 Å². The van der Waals surface area contributed by atoms with Gasteiger partial charge in [0.15, 0.2) is 5.82 Å². The van der Waals surface area contributed by atoms with Crippen molar-refractivity contribution >= 4 is 5.97 Å². The van der Waals surface area contributed by atoms with Gasteiger partial charge in [-0.15, -0.1) is 0 Å². The molecule has 0 aromatic carbocycles. The molecule has 2 rings (SSSR count). The standard InChI is InChI=1S/C10H15N3O3/c1-7-12-8(13-16-7)6-11-10(4-3-5-10)9(14)15-2/h11H,3-6H2,1-2H3. The van der Waals surface area contributed by atoms with Crippen LogP contribution < -0.4 is 5.32 Å². The molecule has 1 saturated carbocycles. The van der Waals surface area contributed by atoms with Crippen molar-refractivity contribution in [3.05, 3.63) is 11.7 Å². The summed E-state index contributed by atoms with van der Waals surface area (Å²) in [6.45, 7) is 2.16. The van der Waals surface area contributed by atoms with Gasteiger partial charge < -0.3 is 9.26 Å². The number of rotatable bonds is 4. The number of aryl methyl sites for hydroxylation is 1. The Balaban J connectivity index is 1.95. The largest absolute Gasteiger partial charge is 0.468 e. The predicted octanol–water partition coefficient (Wildman–Crippen LogP) is 0.563. The SMILES string of the molecule is COC(=O)C1(NCc2noc(C)n2)CCC1. The molecule has 1 aliphatic carbocycles. The van der Waals surface area contributed by atoms with Gasteiger partial charge in [-0.25, -0.2) is 0 Å². The van der Waals surface area contributed by atoms with Crippen molar-refractivity contribution in [1.29, 1.82) is 0 Å². The fraction of sp³-hybridized carbons (Fsp3) is 0.700. The first-order valence-electron chi connectivity index (χ1n) is 5.29. The summed E-state index contributed by atoms with van der Waals surface area (Å²) in [5.74, 6) is 0.879. The maximum Gasteiger partial charge on any atom is 0.326 e. The Labute approximate surface area is 93.4 Å². The molecule has 1 N–H and O–H groups in total. The Hall–Kier alpha value is -1.43. The van der Waals surface area contributed by atoms with Crippen LogP contribution in [0.3, 0.4) is 0 Å². The summed E-state index contributed by atoms with van der Waals surface area (Å²) in [4.78, 5) is 15.7. The van der Waals surface area contributed by atoms with Crippen molar-refractivity contribution in [2.75, 3.05) is 7.11 Å². The average Bonchev–Trinajstić information content (AvgIpc) is 2.62. The maximum absolute atomic E-state index is 11.6. The highest BCUT2D eigenvalue weighted by atomic mass is 16.5. The predicted molar refractivity (Wildman–Crippen MR) is 54.5 cm³/mol. The zero-order chi connectivity index (χ0) is 11.6. The summed E-state index contributed by atoms with van der Waals surface area (Å²) >= 11 is 0. The topological polar surface area (TPSA) is 77.2 Å². The first-order valence-corrected chi connectivity index (χ1v) is 5.29. The number of nitrogens with one attached hydrogen (secondary N) is 1. The normalized spacial score (nSPS) is 17.9. The average molecular weight is 225 g/mol. The van der Waals surface area contributed by atoms with E-state index in [1.807, 2.05) is 0 Å². The summed E-state index contributed by atoms with van der Waals surface area (Å²) in [6.07, 6.45) is 2.64. The van der Waals surface area contributed by atoms with Crippen LogP contribution in [-0.2, 0) is 16.1 Å². The third-order valence-electron chi connectivity index (χ3n) is 2.94. The highest BCUT2D eigenvalue weighted by Crippen LogP contribution is 2.33. The monoisotopic (exact) mass is 225 g/mol. The fourth-order valence-corrected chi connectivity index (χ4v) is 1.84. The van der Waals surface area contributed by atoms with Crippen molar-refractivity contribution in [3.8, 4) is 0 Å². The Kier molecular flexibility index (Phi) is 2.91. The molecule has 16 heavy (non-hydrogen) atoms. The quantitative estimate of drug-likeness (QED) is 0.754. The number of methoxy groups -OCH3 is 1. The number of carbonyl (C=O) groups is 1. The Morgan fingerprint density at radius 3 is 2.81 bits per heavy atom. The summed E-state index contributed by atoms with van der Waals surface area (Å²) in [6, 6.07) is 0. The molecule has 6 heteroatoms. The summed E-state index contributed by atoms with van der Waals surface area (Å²) in [5, 5.41) is 6.92. The van der Waals surface area contributed by atoms with Gasteiger partial charge in [-0.1, -0.05) is 5.16 Å². The third-order valence-corrected chi connectivity index (χ3v) is 2.94. The molecule has 88 valence electrons. The zero-order valence-electron chi connectivity index (χ0n) is 9.45. The zero-order valence-corrected chi connectivity index (χ0v) is 9.45. The summed E-state index contributed by atoms with van der Waals surface area (Å²) in [7, 11) is 1.41. The van der Waals surface area contributed by atoms with Gasteiger partial charge in [0.2, 0.25) is 5.89 Å². The molecule has 1 fully saturated rings. The number of ether oxygens (including phenoxy) is 1. The maximum atomic E-state index is 11.6. The lowest BCUT2D eigenvalue weighted by Gasteiger charge is -2.39. The van der Waals surface area contributed by atoms with E-state index >= 15 is 0 Å². The second kappa shape index (κ2) is 4.21. The van der Waals surface area contributed by atoms with E-state index in [2.05, 4.69) is 15.5 Å². The van der Waals surface area contributed by atoms with Crippen molar-refractivity contribution in [3.63, 3.8) is 0 Å². The molecule has 6 nitrogen and oxygen atoms in total. The van der Waals surface area contributed by atoms with Crippen LogP contribution >= 0.6 is 0 Å². The first kappa shape index (κ1) is 11.1. The van der Waals surface area contributed by atoms with Gasteiger partial charge in [0.05, 0.1) is 13.7 Å². The Bertz CT molecular complexity index is 384. The van der Waals surface area contributed by atoms with E-state index in [1.165, 1.54) is 7.11 Å². The number of nitrogens with zero attached hydrogens (tertiary/aromatic N) is 2. The van der Waals surface area contributed by atoms with Crippen LogP contribution in [0.1, 0.15) is 31.0 Å². The smallest absolute Gasteiger partial charge is 0.326 e. The van der Waals surface area contributed by atoms with Crippen molar-refractivity contribution in [2.45, 2.75) is 38.3 Å². The minimum atomic E-state index is -0.538. The van der Waals surface area contributed by atoms with Gasteiger partial charge in [0.25, 0.3) is 0 Å². The highest BCUT2D eigenvalue weighted by Gasteiger charge is 2.45. The highest BCUT2D eigenvalue weighted by molar-refractivity contribution is 5.81. The number of hydrogen-bond donors (Lipinski definition) is 1. The van der Waals surface area contributed by atoms with Gasteiger partial charge in [-0.05, 0) is 19.3 Å². The molecule has 0 saturated heterocycles. The van der Waals surface area contributed by atoms with Crippen LogP contribution in [0.25, 0.3) is 0 Å². The number of esters is 1. The molecule has 0 radical (unpaired) electrons. The molecule has 0 unspecified atom stereocenters. The van der Waals surface area contributed by atoms with Gasteiger partial charge >= 0.3 is 5.97 Å². The molecule has 0 atom stereocenters. The van der Waals surface area contributed by atoms with E-state index < -0.39 is 5.54 Å². The lowest BCUT2D eigenvalue weighted by atomic mass is 9.76. The molecular weight excluding hydrogens is 210 g/mol. The van der Waals surface area contributed by atoms with Crippen LogP contribution in [0.4, 0.5) is 0 Å². The Morgan fingerprint density at radius 2 is 2.38 bits per heavy atom. The molecule has 0 spiro atoms. The molecule has 1 aliphatic rings. The van der Waals surface area contributed by atoms with Gasteiger partial charge in [0, 0.05) is 6.92 Å². The van der Waals surface area contributed by atoms with Crippen LogP contribution in [0.2, 0.25) is 0 Å². The van der Waals surface area contributed by atoms with E-state index in [1.54, 1.807) is 6.92 Å². The lowest BCUT2D eigenvalue weighted by molar-refractivity contribution is -0.152. The van der Waals surface area contributed by atoms with Crippen LogP contribution in [0.15, 0.2) is 4.52 Å². The van der Waals surface area contributed by atoms with E-state index in [0.717, 1.165) is 19.3 Å². The van der Waals surface area contributed by atoms with Gasteiger partial charge in [0.1, 0.15) is 5.54 Å². The molecular formula is C10H15N3O3. The first-order chi connectivity index (χ1) is 7.66. The van der Waals surface area contributed by atoms with Crippen LogP contribution in [0, 0.1) is 6.92 Å². The minimum absolute atomic E-state index is 0.209. The number of hydrogen-bond acceptors (Lipinski definition) is 6. The Morgan fingerprint density at radius 1 is 1.62 bits per heavy atom. The van der Waals surface area contributed by atoms with Gasteiger partial charge in [-0.3, -0.25) is 10.1 Å². The molecule has 1 aromatic rings. The van der Waals surface area contributed by atoms with Crippen molar-refractivity contribution in [1.82, 2.24) is 15.5 Å². The molecule has 0 bridgehead atoms. The number of aromatic nitrogens is 2. The fourth-order valence-electron chi connectivity index (χ4n) is 1.84. The third kappa shape index (κ3) is 1.92. The van der Waals surface area contributed by atoms with Crippen molar-refractivity contribution < 1.29 is 14.1 Å². The second-order valence-electron chi connectivity index (χ2n) is 4.01. The molecule has 1 heterocycles. The molecule has 0 aliphatic heterocycles. The molecule has 1 aromatic heterocycles. The van der Waals surface area contributed by atoms with Crippen LogP contribution in [-0.4, -0.2) is 28.8 Å². The number of carbonyl (C=O) groups excluding carboxylic acids is 1. The lowest BCUT2D eigenvalue weighted by Crippen LogP contribution is -2.57.